The maximum atomic E-state index is 13.0. The molecule has 3 aromatic rings. The normalized spacial score (nSPS) is 18.1. The van der Waals surface area contributed by atoms with Crippen LogP contribution in [0.4, 0.5) is 5.69 Å². The first kappa shape index (κ1) is 21.2. The van der Waals surface area contributed by atoms with Gasteiger partial charge in [0.15, 0.2) is 0 Å². The summed E-state index contributed by atoms with van der Waals surface area (Å²) in [6.45, 7) is 5.32. The molecule has 31 heavy (non-hydrogen) atoms. The summed E-state index contributed by atoms with van der Waals surface area (Å²) in [5.41, 5.74) is 2.03. The lowest BCUT2D eigenvalue weighted by atomic mass is 9.97. The van der Waals surface area contributed by atoms with Crippen molar-refractivity contribution in [1.82, 2.24) is 4.90 Å². The molecule has 1 aliphatic heterocycles. The molecule has 1 aliphatic rings. The Labute approximate surface area is 181 Å². The summed E-state index contributed by atoms with van der Waals surface area (Å²) < 4.78 is 16.7. The van der Waals surface area contributed by atoms with E-state index in [1.807, 2.05) is 42.2 Å². The number of hydrogen-bond donors (Lipinski definition) is 1. The maximum absolute atomic E-state index is 13.0. The summed E-state index contributed by atoms with van der Waals surface area (Å²) in [4.78, 5) is 27.2. The Kier molecular flexibility index (Phi) is 6.13. The molecule has 0 bridgehead atoms. The molecule has 7 nitrogen and oxygen atoms in total. The molecule has 7 heteroatoms. The third-order valence-corrected chi connectivity index (χ3v) is 5.96. The fourth-order valence-electron chi connectivity index (χ4n) is 4.23. The van der Waals surface area contributed by atoms with Crippen LogP contribution in [-0.2, 0) is 14.3 Å². The Balaban J connectivity index is 1.53. The summed E-state index contributed by atoms with van der Waals surface area (Å²) >= 11 is 0. The van der Waals surface area contributed by atoms with Crippen LogP contribution in [0.2, 0.25) is 0 Å². The first-order valence-electron chi connectivity index (χ1n) is 10.7. The highest BCUT2D eigenvalue weighted by atomic mass is 16.5. The van der Waals surface area contributed by atoms with E-state index in [1.165, 1.54) is 0 Å². The van der Waals surface area contributed by atoms with Crippen LogP contribution in [-0.4, -0.2) is 49.6 Å². The number of amides is 1. The van der Waals surface area contributed by atoms with E-state index in [0.717, 1.165) is 35.7 Å². The van der Waals surface area contributed by atoms with Crippen LogP contribution < -0.4 is 10.1 Å². The van der Waals surface area contributed by atoms with Crippen LogP contribution in [0.5, 0.6) is 5.75 Å². The standard InChI is InChI=1S/C24H28N2O5/c1-4-30-24(28)16-8-7-11-26(14-16)15(2)23(27)25-19-13-21-18(12-22(19)29-3)17-9-5-6-10-20(17)31-21/h5-6,9-10,12-13,15-16H,4,7-8,11,14H2,1-3H3,(H,25,27)/t15-,16-/m0/s1. The zero-order valence-electron chi connectivity index (χ0n) is 18.1. The van der Waals surface area contributed by atoms with Gasteiger partial charge in [-0.15, -0.1) is 0 Å². The van der Waals surface area contributed by atoms with Crippen molar-refractivity contribution in [1.29, 1.82) is 0 Å². The molecule has 1 N–H and O–H groups in total. The second-order valence-corrected chi connectivity index (χ2v) is 7.90. The molecule has 2 atom stereocenters. The van der Waals surface area contributed by atoms with Gasteiger partial charge in [0.25, 0.3) is 0 Å². The van der Waals surface area contributed by atoms with Gasteiger partial charge in [0, 0.05) is 23.4 Å². The van der Waals surface area contributed by atoms with Crippen molar-refractivity contribution in [3.8, 4) is 5.75 Å². The van der Waals surface area contributed by atoms with E-state index in [4.69, 9.17) is 13.9 Å². The number of nitrogens with zero attached hydrogens (tertiary/aromatic N) is 1. The van der Waals surface area contributed by atoms with E-state index in [0.29, 0.717) is 30.2 Å². The molecule has 4 rings (SSSR count). The number of fused-ring (bicyclic) bond motifs is 3. The van der Waals surface area contributed by atoms with Gasteiger partial charge in [-0.2, -0.15) is 0 Å². The molecule has 0 aliphatic carbocycles. The molecule has 1 saturated heterocycles. The van der Waals surface area contributed by atoms with Gasteiger partial charge in [0.2, 0.25) is 5.91 Å². The topological polar surface area (TPSA) is 81.0 Å². The minimum atomic E-state index is -0.395. The number of furan rings is 1. The van der Waals surface area contributed by atoms with Gasteiger partial charge in [-0.3, -0.25) is 14.5 Å². The van der Waals surface area contributed by atoms with Gasteiger partial charge in [-0.1, -0.05) is 18.2 Å². The quantitative estimate of drug-likeness (QED) is 0.598. The molecular formula is C24H28N2O5. The van der Waals surface area contributed by atoms with Crippen LogP contribution in [0.25, 0.3) is 21.9 Å². The van der Waals surface area contributed by atoms with Crippen LogP contribution in [0.1, 0.15) is 26.7 Å². The third kappa shape index (κ3) is 4.23. The zero-order valence-corrected chi connectivity index (χ0v) is 18.1. The maximum Gasteiger partial charge on any atom is 0.310 e. The van der Waals surface area contributed by atoms with Crippen LogP contribution in [0, 0.1) is 5.92 Å². The van der Waals surface area contributed by atoms with E-state index in [1.54, 1.807) is 20.1 Å². The van der Waals surface area contributed by atoms with Gasteiger partial charge in [0.05, 0.1) is 31.4 Å². The summed E-state index contributed by atoms with van der Waals surface area (Å²) in [7, 11) is 1.58. The average molecular weight is 424 g/mol. The Morgan fingerprint density at radius 3 is 2.81 bits per heavy atom. The predicted octanol–water partition coefficient (Wildman–Crippen LogP) is 4.20. The number of anilines is 1. The monoisotopic (exact) mass is 424 g/mol. The van der Waals surface area contributed by atoms with Gasteiger partial charge in [-0.25, -0.2) is 0 Å². The lowest BCUT2D eigenvalue weighted by Gasteiger charge is -2.35. The van der Waals surface area contributed by atoms with Crippen molar-refractivity contribution in [2.45, 2.75) is 32.7 Å². The Hall–Kier alpha value is -3.06. The number of nitrogens with one attached hydrogen (secondary N) is 1. The molecule has 0 saturated carbocycles. The highest BCUT2D eigenvalue weighted by Crippen LogP contribution is 2.36. The molecule has 164 valence electrons. The SMILES string of the molecule is CCOC(=O)[C@H]1CCCN([C@@H](C)C(=O)Nc2cc3oc4ccccc4c3cc2OC)C1. The van der Waals surface area contributed by atoms with E-state index in [9.17, 15) is 9.59 Å². The van der Waals surface area contributed by atoms with E-state index in [2.05, 4.69) is 5.32 Å². The second-order valence-electron chi connectivity index (χ2n) is 7.90. The molecule has 0 spiro atoms. The smallest absolute Gasteiger partial charge is 0.310 e. The molecule has 2 aromatic carbocycles. The van der Waals surface area contributed by atoms with Crippen LogP contribution >= 0.6 is 0 Å². The van der Waals surface area contributed by atoms with Gasteiger partial charge in [-0.05, 0) is 45.4 Å². The fourth-order valence-corrected chi connectivity index (χ4v) is 4.23. The molecule has 0 unspecified atom stereocenters. The molecule has 1 fully saturated rings. The van der Waals surface area contributed by atoms with Gasteiger partial charge < -0.3 is 19.2 Å². The Morgan fingerprint density at radius 1 is 1.23 bits per heavy atom. The van der Waals surface area contributed by atoms with E-state index < -0.39 is 6.04 Å². The number of benzene rings is 2. The minimum absolute atomic E-state index is 0.154. The first-order valence-corrected chi connectivity index (χ1v) is 10.7. The highest BCUT2D eigenvalue weighted by Gasteiger charge is 2.32. The summed E-state index contributed by atoms with van der Waals surface area (Å²) in [5.74, 6) is 0.0446. The van der Waals surface area contributed by atoms with Gasteiger partial charge in [0.1, 0.15) is 16.9 Å². The third-order valence-electron chi connectivity index (χ3n) is 5.96. The Bertz CT molecular complexity index is 1110. The first-order chi connectivity index (χ1) is 15.0. The van der Waals surface area contributed by atoms with Crippen molar-refractivity contribution in [2.75, 3.05) is 32.1 Å². The van der Waals surface area contributed by atoms with E-state index in [-0.39, 0.29) is 17.8 Å². The van der Waals surface area contributed by atoms with Crippen LogP contribution in [0.15, 0.2) is 40.8 Å². The van der Waals surface area contributed by atoms with Crippen molar-refractivity contribution in [3.63, 3.8) is 0 Å². The largest absolute Gasteiger partial charge is 0.495 e. The number of esters is 1. The molecule has 1 aromatic heterocycles. The predicted molar refractivity (Wildman–Crippen MR) is 119 cm³/mol. The van der Waals surface area contributed by atoms with E-state index >= 15 is 0 Å². The summed E-state index contributed by atoms with van der Waals surface area (Å²) in [6, 6.07) is 11.1. The number of carbonyl (C=O) groups is 2. The number of rotatable bonds is 6. The molecule has 1 amide bonds. The van der Waals surface area contributed by atoms with Crippen LogP contribution in [0.3, 0.4) is 0 Å². The number of likely N-dealkylation sites (tertiary alicyclic amines) is 1. The lowest BCUT2D eigenvalue weighted by molar-refractivity contribution is -0.150. The fraction of sp³-hybridized carbons (Fsp3) is 0.417. The summed E-state index contributed by atoms with van der Waals surface area (Å²) in [6.07, 6.45) is 1.65. The number of para-hydroxylation sites is 1. The van der Waals surface area contributed by atoms with Gasteiger partial charge >= 0.3 is 5.97 Å². The lowest BCUT2D eigenvalue weighted by Crippen LogP contribution is -2.48. The second kappa shape index (κ2) is 8.98. The number of hydrogen-bond acceptors (Lipinski definition) is 6. The zero-order chi connectivity index (χ0) is 22.0. The minimum Gasteiger partial charge on any atom is -0.495 e. The Morgan fingerprint density at radius 2 is 2.03 bits per heavy atom. The van der Waals surface area contributed by atoms with Crippen molar-refractivity contribution in [3.05, 3.63) is 36.4 Å². The van der Waals surface area contributed by atoms with Crippen molar-refractivity contribution < 1.29 is 23.5 Å². The number of carbonyl (C=O) groups excluding carboxylic acids is 2. The number of methoxy groups -OCH3 is 1. The highest BCUT2D eigenvalue weighted by molar-refractivity contribution is 6.08. The summed E-state index contributed by atoms with van der Waals surface area (Å²) in [5, 5.41) is 4.92. The average Bonchev–Trinajstić information content (AvgIpc) is 3.15. The molecule has 2 heterocycles. The molecular weight excluding hydrogens is 396 g/mol. The number of piperidine rings is 1. The van der Waals surface area contributed by atoms with Crippen molar-refractivity contribution in [2.24, 2.45) is 5.92 Å². The van der Waals surface area contributed by atoms with Crippen molar-refractivity contribution >= 4 is 39.5 Å². The number of ether oxygens (including phenoxy) is 2. The molecule has 0 radical (unpaired) electrons.